The molecule has 0 aliphatic carbocycles. The normalized spacial score (nSPS) is 18.6. The third kappa shape index (κ3) is 6.48. The molecule has 1 atom stereocenters. The highest BCUT2D eigenvalue weighted by molar-refractivity contribution is 7.11. The van der Waals surface area contributed by atoms with Crippen LogP contribution in [-0.2, 0) is 11.3 Å². The molecule has 1 aromatic rings. The van der Waals surface area contributed by atoms with Gasteiger partial charge in [0, 0.05) is 31.2 Å². The zero-order valence-electron chi connectivity index (χ0n) is 16.5. The first-order valence-corrected chi connectivity index (χ1v) is 9.95. The van der Waals surface area contributed by atoms with Crippen LogP contribution >= 0.6 is 11.3 Å². The summed E-state index contributed by atoms with van der Waals surface area (Å²) in [5.74, 6) is 0.715. The van der Waals surface area contributed by atoms with Crippen LogP contribution in [0.2, 0.25) is 0 Å². The number of aliphatic imine (C=N–C) groups is 1. The Morgan fingerprint density at radius 3 is 2.81 bits per heavy atom. The number of amides is 1. The Hall–Kier alpha value is -1.83. The van der Waals surface area contributed by atoms with E-state index in [1.807, 2.05) is 38.8 Å². The molecule has 1 aromatic heterocycles. The molecule has 8 heteroatoms. The number of carbonyl (C=O) groups excluding carboxylic acids is 1. The van der Waals surface area contributed by atoms with Gasteiger partial charge < -0.3 is 20.3 Å². The number of carbonyl (C=O) groups is 1. The Morgan fingerprint density at radius 2 is 2.19 bits per heavy atom. The molecule has 1 aliphatic heterocycles. The van der Waals surface area contributed by atoms with Crippen molar-refractivity contribution in [2.24, 2.45) is 4.99 Å². The molecule has 0 aromatic carbocycles. The van der Waals surface area contributed by atoms with E-state index in [-0.39, 0.29) is 12.1 Å². The number of aryl methyl sites for hydroxylation is 1. The molecular weight excluding hydrogens is 350 g/mol. The van der Waals surface area contributed by atoms with E-state index in [9.17, 15) is 4.79 Å². The Bertz CT molecular complexity index is 623. The molecule has 2 heterocycles. The summed E-state index contributed by atoms with van der Waals surface area (Å²) < 4.78 is 5.55. The van der Waals surface area contributed by atoms with Gasteiger partial charge in [-0.05, 0) is 47.0 Å². The monoisotopic (exact) mass is 381 g/mol. The smallest absolute Gasteiger partial charge is 0.410 e. The van der Waals surface area contributed by atoms with Crippen molar-refractivity contribution in [3.05, 3.63) is 16.1 Å². The van der Waals surface area contributed by atoms with Crippen molar-refractivity contribution in [1.82, 2.24) is 20.5 Å². The largest absolute Gasteiger partial charge is 0.444 e. The molecule has 1 amide bonds. The number of piperidine rings is 1. The molecule has 0 saturated carbocycles. The third-order valence-electron chi connectivity index (χ3n) is 4.06. The molecule has 1 saturated heterocycles. The average Bonchev–Trinajstić information content (AvgIpc) is 2.99. The Kier molecular flexibility index (Phi) is 7.25. The number of hydrogen-bond acceptors (Lipinski definition) is 5. The molecule has 7 nitrogen and oxygen atoms in total. The number of rotatable bonds is 4. The number of ether oxygens (including phenoxy) is 1. The van der Waals surface area contributed by atoms with Crippen molar-refractivity contribution in [3.63, 3.8) is 0 Å². The lowest BCUT2D eigenvalue weighted by Gasteiger charge is -2.37. The van der Waals surface area contributed by atoms with Gasteiger partial charge >= 0.3 is 6.09 Å². The molecule has 1 aliphatic rings. The van der Waals surface area contributed by atoms with E-state index in [0.717, 1.165) is 30.8 Å². The summed E-state index contributed by atoms with van der Waals surface area (Å²) in [5, 5.41) is 7.63. The predicted molar refractivity (Wildman–Crippen MR) is 106 cm³/mol. The van der Waals surface area contributed by atoms with Crippen LogP contribution in [0.15, 0.2) is 11.2 Å². The van der Waals surface area contributed by atoms with Gasteiger partial charge in [-0.25, -0.2) is 9.78 Å². The summed E-state index contributed by atoms with van der Waals surface area (Å²) >= 11 is 1.67. The van der Waals surface area contributed by atoms with Crippen molar-refractivity contribution >= 4 is 23.4 Å². The van der Waals surface area contributed by atoms with Crippen LogP contribution in [0, 0.1) is 6.92 Å². The zero-order chi connectivity index (χ0) is 19.2. The standard InChI is InChI=1S/C18H31N5O2S/c1-13-10-20-15(26-13)12-22-16(19-5)21-11-14-8-6-7-9-23(14)17(24)25-18(2,3)4/h10,14H,6-9,11-12H2,1-5H3,(H2,19,21,22). The van der Waals surface area contributed by atoms with Crippen molar-refractivity contribution in [2.75, 3.05) is 20.1 Å². The number of likely N-dealkylation sites (tertiary alicyclic amines) is 1. The topological polar surface area (TPSA) is 78.9 Å². The molecule has 1 unspecified atom stereocenters. The van der Waals surface area contributed by atoms with E-state index in [0.29, 0.717) is 19.0 Å². The van der Waals surface area contributed by atoms with Crippen molar-refractivity contribution < 1.29 is 9.53 Å². The number of aromatic nitrogens is 1. The summed E-state index contributed by atoms with van der Waals surface area (Å²) in [6, 6.07) is 0.110. The highest BCUT2D eigenvalue weighted by Gasteiger charge is 2.30. The first-order valence-electron chi connectivity index (χ1n) is 9.14. The fraction of sp³-hybridized carbons (Fsp3) is 0.722. The van der Waals surface area contributed by atoms with Crippen LogP contribution in [0.25, 0.3) is 0 Å². The van der Waals surface area contributed by atoms with E-state index in [4.69, 9.17) is 4.74 Å². The predicted octanol–water partition coefficient (Wildman–Crippen LogP) is 2.91. The molecule has 2 rings (SSSR count). The van der Waals surface area contributed by atoms with E-state index < -0.39 is 5.60 Å². The fourth-order valence-corrected chi connectivity index (χ4v) is 3.58. The summed E-state index contributed by atoms with van der Waals surface area (Å²) in [7, 11) is 1.74. The van der Waals surface area contributed by atoms with E-state index in [1.165, 1.54) is 4.88 Å². The van der Waals surface area contributed by atoms with Crippen LogP contribution in [0.5, 0.6) is 0 Å². The molecule has 146 valence electrons. The molecule has 0 radical (unpaired) electrons. The average molecular weight is 382 g/mol. The lowest BCUT2D eigenvalue weighted by molar-refractivity contribution is 0.0104. The molecule has 0 spiro atoms. The molecule has 2 N–H and O–H groups in total. The quantitative estimate of drug-likeness (QED) is 0.619. The van der Waals surface area contributed by atoms with Gasteiger partial charge in [0.15, 0.2) is 5.96 Å². The summed E-state index contributed by atoms with van der Waals surface area (Å²) in [4.78, 5) is 24.1. The van der Waals surface area contributed by atoms with Crippen LogP contribution in [-0.4, -0.2) is 53.7 Å². The maximum atomic E-state index is 12.5. The van der Waals surface area contributed by atoms with Gasteiger partial charge in [0.1, 0.15) is 10.6 Å². The minimum Gasteiger partial charge on any atom is -0.444 e. The summed E-state index contributed by atoms with van der Waals surface area (Å²) in [6.07, 6.45) is 4.75. The van der Waals surface area contributed by atoms with Crippen molar-refractivity contribution in [3.8, 4) is 0 Å². The fourth-order valence-electron chi connectivity index (χ4n) is 2.85. The molecule has 26 heavy (non-hydrogen) atoms. The lowest BCUT2D eigenvalue weighted by atomic mass is 10.0. The molecule has 1 fully saturated rings. The van der Waals surface area contributed by atoms with Crippen LogP contribution in [0.1, 0.15) is 49.9 Å². The van der Waals surface area contributed by atoms with Crippen molar-refractivity contribution in [2.45, 2.75) is 65.1 Å². The van der Waals surface area contributed by atoms with Gasteiger partial charge in [0.25, 0.3) is 0 Å². The maximum absolute atomic E-state index is 12.5. The van der Waals surface area contributed by atoms with Gasteiger partial charge in [-0.2, -0.15) is 0 Å². The third-order valence-corrected chi connectivity index (χ3v) is 4.97. The Morgan fingerprint density at radius 1 is 1.42 bits per heavy atom. The van der Waals surface area contributed by atoms with Crippen LogP contribution in [0.4, 0.5) is 4.79 Å². The highest BCUT2D eigenvalue weighted by atomic mass is 32.1. The van der Waals surface area contributed by atoms with Crippen LogP contribution in [0.3, 0.4) is 0 Å². The summed E-state index contributed by atoms with van der Waals surface area (Å²) in [6.45, 7) is 9.76. The molecule has 0 bridgehead atoms. The van der Waals surface area contributed by atoms with E-state index in [1.54, 1.807) is 18.4 Å². The van der Waals surface area contributed by atoms with E-state index in [2.05, 4.69) is 20.6 Å². The number of hydrogen-bond donors (Lipinski definition) is 2. The maximum Gasteiger partial charge on any atom is 0.410 e. The van der Waals surface area contributed by atoms with Crippen molar-refractivity contribution in [1.29, 1.82) is 0 Å². The lowest BCUT2D eigenvalue weighted by Crippen LogP contribution is -2.52. The number of nitrogens with one attached hydrogen (secondary N) is 2. The SMILES string of the molecule is CN=C(NCc1ncc(C)s1)NCC1CCCCN1C(=O)OC(C)(C)C. The minimum absolute atomic E-state index is 0.110. The van der Waals surface area contributed by atoms with Gasteiger partial charge in [0.2, 0.25) is 0 Å². The van der Waals surface area contributed by atoms with Gasteiger partial charge in [0.05, 0.1) is 12.6 Å². The zero-order valence-corrected chi connectivity index (χ0v) is 17.3. The Balaban J connectivity index is 1.86. The second kappa shape index (κ2) is 9.21. The molecular formula is C18H31N5O2S. The second-order valence-electron chi connectivity index (χ2n) is 7.49. The number of thiazole rings is 1. The van der Waals surface area contributed by atoms with Crippen LogP contribution < -0.4 is 10.6 Å². The van der Waals surface area contributed by atoms with Gasteiger partial charge in [-0.15, -0.1) is 11.3 Å². The Labute approximate surface area is 160 Å². The van der Waals surface area contributed by atoms with E-state index >= 15 is 0 Å². The van der Waals surface area contributed by atoms with Gasteiger partial charge in [-0.3, -0.25) is 4.99 Å². The second-order valence-corrected chi connectivity index (χ2v) is 8.81. The highest BCUT2D eigenvalue weighted by Crippen LogP contribution is 2.20. The van der Waals surface area contributed by atoms with Gasteiger partial charge in [-0.1, -0.05) is 0 Å². The first kappa shape index (κ1) is 20.5. The summed E-state index contributed by atoms with van der Waals surface area (Å²) in [5.41, 5.74) is -0.476. The first-order chi connectivity index (χ1) is 12.3. The number of nitrogens with zero attached hydrogens (tertiary/aromatic N) is 3. The number of guanidine groups is 1. The minimum atomic E-state index is -0.476.